The fourth-order valence-corrected chi connectivity index (χ4v) is 3.23. The Balaban J connectivity index is 2.13. The van der Waals surface area contributed by atoms with Crippen molar-refractivity contribution in [1.29, 1.82) is 0 Å². The van der Waals surface area contributed by atoms with Gasteiger partial charge < -0.3 is 14.2 Å². The van der Waals surface area contributed by atoms with Crippen LogP contribution >= 0.6 is 15.9 Å². The van der Waals surface area contributed by atoms with Crippen molar-refractivity contribution in [3.05, 3.63) is 42.0 Å². The van der Waals surface area contributed by atoms with Gasteiger partial charge in [-0.1, -0.05) is 40.2 Å². The molecule has 1 atom stereocenters. The number of hydrogen-bond donors (Lipinski definition) is 0. The van der Waals surface area contributed by atoms with Gasteiger partial charge in [-0.3, -0.25) is 0 Å². The summed E-state index contributed by atoms with van der Waals surface area (Å²) in [4.78, 5) is 0.0700. The Bertz CT molecular complexity index is 618. The number of hydrogen-bond acceptors (Lipinski definition) is 3. The standard InChI is InChI=1S/C16H17BrO3/c1-11(17)16(19-8-9-20-16)13-6-7-14-12(10-13)4-3-5-15(14)18-2/h3-7,10-11H,8-9H2,1-2H3. The van der Waals surface area contributed by atoms with E-state index < -0.39 is 5.79 Å². The second-order valence-corrected chi connectivity index (χ2v) is 6.25. The van der Waals surface area contributed by atoms with Crippen molar-refractivity contribution in [3.63, 3.8) is 0 Å². The maximum absolute atomic E-state index is 5.89. The molecule has 106 valence electrons. The van der Waals surface area contributed by atoms with Gasteiger partial charge in [0.25, 0.3) is 0 Å². The zero-order valence-corrected chi connectivity index (χ0v) is 13.1. The number of methoxy groups -OCH3 is 1. The van der Waals surface area contributed by atoms with Crippen LogP contribution in [0.3, 0.4) is 0 Å². The van der Waals surface area contributed by atoms with Gasteiger partial charge in [-0.15, -0.1) is 0 Å². The van der Waals surface area contributed by atoms with Crippen LogP contribution in [-0.2, 0) is 15.3 Å². The number of alkyl halides is 1. The van der Waals surface area contributed by atoms with E-state index in [2.05, 4.69) is 34.1 Å². The highest BCUT2D eigenvalue weighted by molar-refractivity contribution is 9.09. The summed E-state index contributed by atoms with van der Waals surface area (Å²) in [6.45, 7) is 3.28. The third-order valence-electron chi connectivity index (χ3n) is 3.70. The van der Waals surface area contributed by atoms with E-state index in [4.69, 9.17) is 14.2 Å². The van der Waals surface area contributed by atoms with Crippen LogP contribution in [0.15, 0.2) is 36.4 Å². The first-order chi connectivity index (χ1) is 9.67. The number of rotatable bonds is 3. The molecule has 4 heteroatoms. The Kier molecular flexibility index (Phi) is 3.71. The van der Waals surface area contributed by atoms with Crippen LogP contribution in [0.5, 0.6) is 5.75 Å². The number of ether oxygens (including phenoxy) is 3. The summed E-state index contributed by atoms with van der Waals surface area (Å²) in [5.41, 5.74) is 1.03. The molecule has 1 fully saturated rings. The van der Waals surface area contributed by atoms with E-state index in [1.54, 1.807) is 7.11 Å². The average Bonchev–Trinajstić information content (AvgIpc) is 2.97. The maximum atomic E-state index is 5.89. The molecule has 0 spiro atoms. The number of fused-ring (bicyclic) bond motifs is 1. The van der Waals surface area contributed by atoms with Crippen molar-refractivity contribution in [2.24, 2.45) is 0 Å². The monoisotopic (exact) mass is 336 g/mol. The molecule has 0 bridgehead atoms. The molecule has 1 unspecified atom stereocenters. The van der Waals surface area contributed by atoms with Crippen molar-refractivity contribution in [3.8, 4) is 5.75 Å². The molecule has 1 saturated heterocycles. The second-order valence-electron chi connectivity index (χ2n) is 4.88. The third kappa shape index (κ3) is 2.12. The molecule has 2 aromatic carbocycles. The quantitative estimate of drug-likeness (QED) is 0.797. The van der Waals surface area contributed by atoms with E-state index in [1.807, 2.05) is 25.1 Å². The van der Waals surface area contributed by atoms with Crippen LogP contribution in [0.2, 0.25) is 0 Å². The molecule has 0 saturated carbocycles. The smallest absolute Gasteiger partial charge is 0.207 e. The molecule has 0 aliphatic carbocycles. The van der Waals surface area contributed by atoms with Crippen molar-refractivity contribution in [2.45, 2.75) is 17.5 Å². The minimum Gasteiger partial charge on any atom is -0.496 e. The van der Waals surface area contributed by atoms with Crippen molar-refractivity contribution in [1.82, 2.24) is 0 Å². The van der Waals surface area contributed by atoms with Crippen LogP contribution in [0.25, 0.3) is 10.8 Å². The van der Waals surface area contributed by atoms with Gasteiger partial charge in [-0.05, 0) is 24.4 Å². The summed E-state index contributed by atoms with van der Waals surface area (Å²) in [6, 6.07) is 12.3. The minimum atomic E-state index is -0.697. The number of halogens is 1. The van der Waals surface area contributed by atoms with E-state index in [-0.39, 0.29) is 4.83 Å². The Morgan fingerprint density at radius 1 is 1.20 bits per heavy atom. The molecule has 0 radical (unpaired) electrons. The molecule has 0 aromatic heterocycles. The summed E-state index contributed by atoms with van der Waals surface area (Å²) >= 11 is 3.61. The van der Waals surface area contributed by atoms with Crippen LogP contribution < -0.4 is 4.74 Å². The normalized spacial score (nSPS) is 19.1. The zero-order valence-electron chi connectivity index (χ0n) is 11.6. The fourth-order valence-electron chi connectivity index (χ4n) is 2.70. The minimum absolute atomic E-state index is 0.0700. The molecule has 0 N–H and O–H groups in total. The van der Waals surface area contributed by atoms with Crippen LogP contribution in [-0.4, -0.2) is 25.2 Å². The highest BCUT2D eigenvalue weighted by Gasteiger charge is 2.43. The molecule has 2 aromatic rings. The van der Waals surface area contributed by atoms with Crippen LogP contribution in [0.4, 0.5) is 0 Å². The lowest BCUT2D eigenvalue weighted by molar-refractivity contribution is -0.161. The van der Waals surface area contributed by atoms with Crippen molar-refractivity contribution in [2.75, 3.05) is 20.3 Å². The van der Waals surface area contributed by atoms with Gasteiger partial charge in [-0.25, -0.2) is 0 Å². The summed E-state index contributed by atoms with van der Waals surface area (Å²) in [5.74, 6) is 0.181. The largest absolute Gasteiger partial charge is 0.496 e. The SMILES string of the molecule is COc1cccc2cc(C3(C(C)Br)OCCO3)ccc12. The van der Waals surface area contributed by atoms with Gasteiger partial charge in [0, 0.05) is 10.9 Å². The summed E-state index contributed by atoms with van der Waals surface area (Å²) in [5, 5.41) is 2.21. The highest BCUT2D eigenvalue weighted by Crippen LogP contribution is 2.40. The van der Waals surface area contributed by atoms with Gasteiger partial charge in [0.15, 0.2) is 0 Å². The van der Waals surface area contributed by atoms with E-state index in [1.165, 1.54) is 0 Å². The maximum Gasteiger partial charge on any atom is 0.207 e. The van der Waals surface area contributed by atoms with Crippen LogP contribution in [0, 0.1) is 0 Å². The first-order valence-corrected chi connectivity index (χ1v) is 7.58. The molecule has 1 aliphatic rings. The Morgan fingerprint density at radius 2 is 1.95 bits per heavy atom. The van der Waals surface area contributed by atoms with Crippen molar-refractivity contribution >= 4 is 26.7 Å². The highest BCUT2D eigenvalue weighted by atomic mass is 79.9. The van der Waals surface area contributed by atoms with Gasteiger partial charge in [0.1, 0.15) is 5.75 Å². The Hall–Kier alpha value is -1.10. The third-order valence-corrected chi connectivity index (χ3v) is 4.31. The molecule has 20 heavy (non-hydrogen) atoms. The molecular formula is C16H17BrO3. The summed E-state index contributed by atoms with van der Waals surface area (Å²) in [7, 11) is 1.69. The van der Waals surface area contributed by atoms with Gasteiger partial charge >= 0.3 is 0 Å². The lowest BCUT2D eigenvalue weighted by Gasteiger charge is -2.31. The lowest BCUT2D eigenvalue weighted by atomic mass is 9.98. The molecule has 3 rings (SSSR count). The van der Waals surface area contributed by atoms with Crippen molar-refractivity contribution < 1.29 is 14.2 Å². The lowest BCUT2D eigenvalue weighted by Crippen LogP contribution is -2.35. The molecule has 1 aliphatic heterocycles. The predicted octanol–water partition coefficient (Wildman–Crippen LogP) is 3.83. The Labute approximate surface area is 127 Å². The molecule has 1 heterocycles. The molecule has 0 amide bonds. The fraction of sp³-hybridized carbons (Fsp3) is 0.375. The van der Waals surface area contributed by atoms with Crippen LogP contribution in [0.1, 0.15) is 12.5 Å². The Morgan fingerprint density at radius 3 is 2.60 bits per heavy atom. The number of benzene rings is 2. The van der Waals surface area contributed by atoms with Gasteiger partial charge in [0.2, 0.25) is 5.79 Å². The zero-order chi connectivity index (χ0) is 14.2. The molecule has 3 nitrogen and oxygen atoms in total. The van der Waals surface area contributed by atoms with E-state index in [9.17, 15) is 0 Å². The van der Waals surface area contributed by atoms with E-state index in [0.29, 0.717) is 13.2 Å². The second kappa shape index (κ2) is 5.35. The topological polar surface area (TPSA) is 27.7 Å². The first-order valence-electron chi connectivity index (χ1n) is 6.66. The van der Waals surface area contributed by atoms with Gasteiger partial charge in [0.05, 0.1) is 25.2 Å². The van der Waals surface area contributed by atoms with E-state index >= 15 is 0 Å². The van der Waals surface area contributed by atoms with E-state index in [0.717, 1.165) is 22.1 Å². The molecular weight excluding hydrogens is 320 g/mol. The predicted molar refractivity (Wildman–Crippen MR) is 82.5 cm³/mol. The average molecular weight is 337 g/mol. The first kappa shape index (κ1) is 13.9. The summed E-state index contributed by atoms with van der Waals surface area (Å²) in [6.07, 6.45) is 0. The van der Waals surface area contributed by atoms with Gasteiger partial charge in [-0.2, -0.15) is 0 Å². The summed E-state index contributed by atoms with van der Waals surface area (Å²) < 4.78 is 17.2.